The molecule has 0 heterocycles. The van der Waals surface area contributed by atoms with Gasteiger partial charge in [-0.15, -0.1) is 0 Å². The molecule has 2 N–H and O–H groups in total. The zero-order chi connectivity index (χ0) is 12.4. The summed E-state index contributed by atoms with van der Waals surface area (Å²) in [5.74, 6) is 0.994. The molecule has 1 aliphatic carbocycles. The molecule has 0 aliphatic heterocycles. The highest BCUT2D eigenvalue weighted by molar-refractivity contribution is 5.29. The van der Waals surface area contributed by atoms with Crippen LogP contribution < -0.4 is 5.32 Å². The van der Waals surface area contributed by atoms with E-state index in [2.05, 4.69) is 35.6 Å². The van der Waals surface area contributed by atoms with Crippen molar-refractivity contribution in [3.8, 4) is 5.75 Å². The Labute approximate surface area is 107 Å². The van der Waals surface area contributed by atoms with Crippen molar-refractivity contribution in [3.63, 3.8) is 0 Å². The van der Waals surface area contributed by atoms with Crippen molar-refractivity contribution in [2.24, 2.45) is 0 Å². The molecule has 2 nitrogen and oxygen atoms in total. The van der Waals surface area contributed by atoms with E-state index in [1.165, 1.54) is 12.0 Å². The summed E-state index contributed by atoms with van der Waals surface area (Å²) in [6, 6.07) is 18.7. The molecule has 1 saturated carbocycles. The van der Waals surface area contributed by atoms with E-state index in [-0.39, 0.29) is 0 Å². The maximum Gasteiger partial charge on any atom is 0.115 e. The van der Waals surface area contributed by atoms with Gasteiger partial charge in [-0.2, -0.15) is 0 Å². The molecule has 1 fully saturated rings. The van der Waals surface area contributed by atoms with Crippen molar-refractivity contribution in [1.82, 2.24) is 5.32 Å². The minimum absolute atomic E-state index is 0.338. The summed E-state index contributed by atoms with van der Waals surface area (Å²) in [7, 11) is 0. The first kappa shape index (κ1) is 11.3. The van der Waals surface area contributed by atoms with Crippen molar-refractivity contribution in [2.45, 2.75) is 24.9 Å². The van der Waals surface area contributed by atoms with E-state index in [1.54, 1.807) is 6.07 Å². The van der Waals surface area contributed by atoms with Crippen molar-refractivity contribution >= 4 is 0 Å². The molecule has 2 unspecified atom stereocenters. The lowest BCUT2D eigenvalue weighted by molar-refractivity contribution is 0.474. The molecule has 0 saturated heterocycles. The third-order valence-corrected chi connectivity index (χ3v) is 3.50. The second kappa shape index (κ2) is 4.83. The first-order valence-electron chi connectivity index (χ1n) is 6.39. The summed E-state index contributed by atoms with van der Waals surface area (Å²) < 4.78 is 0. The fraction of sp³-hybridized carbons (Fsp3) is 0.250. The van der Waals surface area contributed by atoms with Gasteiger partial charge in [0.05, 0.1) is 0 Å². The molecule has 0 radical (unpaired) electrons. The highest BCUT2D eigenvalue weighted by atomic mass is 16.3. The molecule has 0 spiro atoms. The lowest BCUT2D eigenvalue weighted by Crippen LogP contribution is -2.17. The fourth-order valence-corrected chi connectivity index (χ4v) is 2.40. The molecule has 0 aromatic heterocycles. The van der Waals surface area contributed by atoms with Crippen LogP contribution in [0.3, 0.4) is 0 Å². The molecule has 3 rings (SSSR count). The van der Waals surface area contributed by atoms with Gasteiger partial charge in [0.15, 0.2) is 0 Å². The van der Waals surface area contributed by atoms with E-state index < -0.39 is 0 Å². The van der Waals surface area contributed by atoms with Crippen molar-refractivity contribution in [3.05, 3.63) is 65.7 Å². The fourth-order valence-electron chi connectivity index (χ4n) is 2.40. The average molecular weight is 239 g/mol. The predicted octanol–water partition coefficient (Wildman–Crippen LogP) is 3.04. The van der Waals surface area contributed by atoms with Crippen LogP contribution in [0.1, 0.15) is 23.5 Å². The van der Waals surface area contributed by atoms with Crippen molar-refractivity contribution < 1.29 is 5.11 Å². The van der Waals surface area contributed by atoms with Gasteiger partial charge in [0.25, 0.3) is 0 Å². The monoisotopic (exact) mass is 239 g/mol. The van der Waals surface area contributed by atoms with Crippen LogP contribution in [0, 0.1) is 0 Å². The van der Waals surface area contributed by atoms with E-state index >= 15 is 0 Å². The Morgan fingerprint density at radius 1 is 1.06 bits per heavy atom. The van der Waals surface area contributed by atoms with Gasteiger partial charge < -0.3 is 10.4 Å². The van der Waals surface area contributed by atoms with Crippen LogP contribution in [-0.4, -0.2) is 11.1 Å². The summed E-state index contributed by atoms with van der Waals surface area (Å²) in [6.07, 6.45) is 1.21. The van der Waals surface area contributed by atoms with Crippen molar-refractivity contribution in [2.75, 3.05) is 0 Å². The summed E-state index contributed by atoms with van der Waals surface area (Å²) in [6.45, 7) is 0.822. The van der Waals surface area contributed by atoms with E-state index in [1.807, 2.05) is 18.2 Å². The summed E-state index contributed by atoms with van der Waals surface area (Å²) in [5, 5.41) is 12.9. The number of phenols is 1. The molecule has 1 aliphatic rings. The van der Waals surface area contributed by atoms with Gasteiger partial charge >= 0.3 is 0 Å². The summed E-state index contributed by atoms with van der Waals surface area (Å²) >= 11 is 0. The lowest BCUT2D eigenvalue weighted by Gasteiger charge is -2.05. The van der Waals surface area contributed by atoms with Crippen LogP contribution in [0.15, 0.2) is 54.6 Å². The predicted molar refractivity (Wildman–Crippen MR) is 72.5 cm³/mol. The molecular formula is C16H17NO. The minimum Gasteiger partial charge on any atom is -0.508 e. The third-order valence-electron chi connectivity index (χ3n) is 3.50. The first-order valence-corrected chi connectivity index (χ1v) is 6.39. The van der Waals surface area contributed by atoms with Crippen LogP contribution in [0.4, 0.5) is 0 Å². The van der Waals surface area contributed by atoms with E-state index in [0.717, 1.165) is 12.1 Å². The highest BCUT2D eigenvalue weighted by Crippen LogP contribution is 2.40. The number of hydrogen-bond donors (Lipinski definition) is 2. The summed E-state index contributed by atoms with van der Waals surface area (Å²) in [5.41, 5.74) is 2.56. The highest BCUT2D eigenvalue weighted by Gasteiger charge is 2.37. The Morgan fingerprint density at radius 2 is 1.89 bits per heavy atom. The van der Waals surface area contributed by atoms with Crippen LogP contribution in [0.25, 0.3) is 0 Å². The van der Waals surface area contributed by atoms with E-state index in [4.69, 9.17) is 0 Å². The lowest BCUT2D eigenvalue weighted by atomic mass is 10.1. The van der Waals surface area contributed by atoms with Gasteiger partial charge in [0, 0.05) is 18.5 Å². The van der Waals surface area contributed by atoms with Gasteiger partial charge in [-0.25, -0.2) is 0 Å². The molecule has 2 aromatic rings. The molecular weight excluding hydrogens is 222 g/mol. The molecule has 0 bridgehead atoms. The summed E-state index contributed by atoms with van der Waals surface area (Å²) in [4.78, 5) is 0. The quantitative estimate of drug-likeness (QED) is 0.859. The number of aromatic hydroxyl groups is 1. The maximum atomic E-state index is 9.40. The molecule has 18 heavy (non-hydrogen) atoms. The number of hydrogen-bond acceptors (Lipinski definition) is 2. The number of rotatable bonds is 4. The smallest absolute Gasteiger partial charge is 0.115 e. The van der Waals surface area contributed by atoms with Crippen LogP contribution >= 0.6 is 0 Å². The molecule has 2 aromatic carbocycles. The van der Waals surface area contributed by atoms with Gasteiger partial charge in [-0.05, 0) is 29.7 Å². The zero-order valence-corrected chi connectivity index (χ0v) is 10.2. The Hall–Kier alpha value is -1.80. The molecule has 0 amide bonds. The third kappa shape index (κ3) is 2.54. The Kier molecular flexibility index (Phi) is 3.03. The first-order chi connectivity index (χ1) is 8.83. The molecule has 92 valence electrons. The van der Waals surface area contributed by atoms with Crippen molar-refractivity contribution in [1.29, 1.82) is 0 Å². The van der Waals surface area contributed by atoms with Crippen LogP contribution in [0.2, 0.25) is 0 Å². The zero-order valence-electron chi connectivity index (χ0n) is 10.2. The van der Waals surface area contributed by atoms with E-state index in [9.17, 15) is 5.11 Å². The largest absolute Gasteiger partial charge is 0.508 e. The van der Waals surface area contributed by atoms with Gasteiger partial charge in [0.1, 0.15) is 5.75 Å². The number of phenolic OH excluding ortho intramolecular Hbond substituents is 1. The average Bonchev–Trinajstić information content (AvgIpc) is 3.17. The Morgan fingerprint density at radius 3 is 2.67 bits per heavy atom. The number of nitrogens with one attached hydrogen (secondary N) is 1. The maximum absolute atomic E-state index is 9.40. The SMILES string of the molecule is Oc1cccc(CNC2CC2c2ccccc2)c1. The van der Waals surface area contributed by atoms with E-state index in [0.29, 0.717) is 17.7 Å². The minimum atomic E-state index is 0.338. The molecule has 2 atom stereocenters. The Balaban J connectivity index is 1.55. The molecule has 2 heteroatoms. The van der Waals surface area contributed by atoms with Gasteiger partial charge in [-0.1, -0.05) is 42.5 Å². The second-order valence-electron chi connectivity index (χ2n) is 4.91. The van der Waals surface area contributed by atoms with Gasteiger partial charge in [-0.3, -0.25) is 0 Å². The number of benzene rings is 2. The van der Waals surface area contributed by atoms with Gasteiger partial charge in [0.2, 0.25) is 0 Å². The van der Waals surface area contributed by atoms with Crippen LogP contribution in [-0.2, 0) is 6.54 Å². The standard InChI is InChI=1S/C16H17NO/c18-14-8-4-5-12(9-14)11-17-16-10-15(16)13-6-2-1-3-7-13/h1-9,15-18H,10-11H2. The topological polar surface area (TPSA) is 32.3 Å². The van der Waals surface area contributed by atoms with Crippen LogP contribution in [0.5, 0.6) is 5.75 Å². The second-order valence-corrected chi connectivity index (χ2v) is 4.91. The Bertz CT molecular complexity index is 524. The normalized spacial score (nSPS) is 21.8.